The number of allylic oxidation sites excluding steroid dienone is 1. The highest BCUT2D eigenvalue weighted by Gasteiger charge is 2.11. The van der Waals surface area contributed by atoms with Gasteiger partial charge in [-0.1, -0.05) is 24.3 Å². The number of carbonyl (C=O) groups is 2. The maximum atomic E-state index is 13.5. The molecule has 148 valence electrons. The lowest BCUT2D eigenvalue weighted by Gasteiger charge is -2.12. The molecule has 7 heteroatoms. The number of rotatable bonds is 10. The van der Waals surface area contributed by atoms with Gasteiger partial charge in [-0.3, -0.25) is 9.59 Å². The van der Waals surface area contributed by atoms with E-state index in [1.807, 2.05) is 12.1 Å². The first kappa shape index (κ1) is 21.0. The van der Waals surface area contributed by atoms with Crippen LogP contribution in [0.15, 0.2) is 55.1 Å². The lowest BCUT2D eigenvalue weighted by Crippen LogP contribution is -2.37. The van der Waals surface area contributed by atoms with E-state index in [4.69, 9.17) is 9.47 Å². The summed E-state index contributed by atoms with van der Waals surface area (Å²) in [5.74, 6) is -0.488. The highest BCUT2D eigenvalue weighted by Crippen LogP contribution is 2.28. The zero-order chi connectivity index (χ0) is 20.4. The lowest BCUT2D eigenvalue weighted by molar-refractivity contribution is -0.123. The maximum absolute atomic E-state index is 13.5. The monoisotopic (exact) mass is 386 g/mol. The van der Waals surface area contributed by atoms with Gasteiger partial charge in [-0.25, -0.2) is 4.39 Å². The normalized spacial score (nSPS) is 10.1. The Morgan fingerprint density at radius 2 is 1.86 bits per heavy atom. The minimum atomic E-state index is -0.592. The predicted octanol–water partition coefficient (Wildman–Crippen LogP) is 2.49. The fraction of sp³-hybridized carbons (Fsp3) is 0.238. The van der Waals surface area contributed by atoms with Crippen molar-refractivity contribution in [2.45, 2.75) is 6.42 Å². The number of benzene rings is 2. The molecule has 0 atom stereocenters. The first-order valence-corrected chi connectivity index (χ1v) is 8.75. The molecule has 2 aromatic rings. The summed E-state index contributed by atoms with van der Waals surface area (Å²) in [5, 5.41) is 5.16. The lowest BCUT2D eigenvalue weighted by atomic mass is 10.1. The van der Waals surface area contributed by atoms with Gasteiger partial charge in [0, 0.05) is 13.1 Å². The van der Waals surface area contributed by atoms with Crippen molar-refractivity contribution in [3.63, 3.8) is 0 Å². The molecule has 0 saturated carbocycles. The van der Waals surface area contributed by atoms with E-state index in [1.54, 1.807) is 18.2 Å². The van der Waals surface area contributed by atoms with E-state index >= 15 is 0 Å². The van der Waals surface area contributed by atoms with Crippen molar-refractivity contribution in [1.82, 2.24) is 10.6 Å². The van der Waals surface area contributed by atoms with Gasteiger partial charge in [0.15, 0.2) is 18.1 Å². The predicted molar refractivity (Wildman–Crippen MR) is 104 cm³/mol. The molecular formula is C21H23FN2O4. The Morgan fingerprint density at radius 3 is 2.57 bits per heavy atom. The third-order valence-electron chi connectivity index (χ3n) is 3.82. The van der Waals surface area contributed by atoms with Gasteiger partial charge in [0.2, 0.25) is 0 Å². The minimum absolute atomic E-state index is 0.0378. The first-order chi connectivity index (χ1) is 13.5. The summed E-state index contributed by atoms with van der Waals surface area (Å²) in [6.45, 7) is 3.85. The number of halogens is 1. The Kier molecular flexibility index (Phi) is 8.02. The second-order valence-electron chi connectivity index (χ2n) is 5.85. The quantitative estimate of drug-likeness (QED) is 0.486. The van der Waals surface area contributed by atoms with E-state index in [2.05, 4.69) is 17.2 Å². The van der Waals surface area contributed by atoms with Gasteiger partial charge in [-0.05, 0) is 36.2 Å². The second kappa shape index (κ2) is 10.7. The molecule has 0 heterocycles. The second-order valence-corrected chi connectivity index (χ2v) is 5.85. The number of amides is 2. The van der Waals surface area contributed by atoms with Gasteiger partial charge in [-0.15, -0.1) is 6.58 Å². The Hall–Kier alpha value is -3.35. The van der Waals surface area contributed by atoms with Crippen molar-refractivity contribution in [2.24, 2.45) is 0 Å². The summed E-state index contributed by atoms with van der Waals surface area (Å²) in [7, 11) is 1.53. The van der Waals surface area contributed by atoms with Crippen LogP contribution in [0.25, 0.3) is 0 Å². The van der Waals surface area contributed by atoms with Crippen LogP contribution in [0.5, 0.6) is 11.5 Å². The van der Waals surface area contributed by atoms with Crippen LogP contribution in [0.1, 0.15) is 15.9 Å². The number of carbonyl (C=O) groups excluding carboxylic acids is 2. The highest BCUT2D eigenvalue weighted by atomic mass is 19.1. The fourth-order valence-electron chi connectivity index (χ4n) is 2.44. The van der Waals surface area contributed by atoms with Gasteiger partial charge in [-0.2, -0.15) is 0 Å². The molecule has 2 N–H and O–H groups in total. The van der Waals surface area contributed by atoms with Crippen LogP contribution in [0.3, 0.4) is 0 Å². The summed E-state index contributed by atoms with van der Waals surface area (Å²) in [6, 6.07) is 11.1. The van der Waals surface area contributed by atoms with Crippen LogP contribution in [-0.2, 0) is 11.2 Å². The van der Waals surface area contributed by atoms with E-state index in [1.165, 1.54) is 25.3 Å². The molecule has 2 rings (SSSR count). The van der Waals surface area contributed by atoms with Gasteiger partial charge in [0.05, 0.1) is 12.7 Å². The molecule has 0 aliphatic heterocycles. The van der Waals surface area contributed by atoms with Gasteiger partial charge < -0.3 is 20.1 Å². The van der Waals surface area contributed by atoms with E-state index in [0.29, 0.717) is 17.9 Å². The molecule has 0 aliphatic rings. The molecule has 0 spiro atoms. The van der Waals surface area contributed by atoms with Crippen molar-refractivity contribution >= 4 is 11.8 Å². The number of hydrogen-bond donors (Lipinski definition) is 2. The summed E-state index contributed by atoms with van der Waals surface area (Å²) in [4.78, 5) is 23.7. The van der Waals surface area contributed by atoms with Crippen LogP contribution >= 0.6 is 0 Å². The van der Waals surface area contributed by atoms with E-state index in [0.717, 1.165) is 5.56 Å². The van der Waals surface area contributed by atoms with Gasteiger partial charge in [0.25, 0.3) is 11.8 Å². The molecule has 2 amide bonds. The van der Waals surface area contributed by atoms with Crippen molar-refractivity contribution < 1.29 is 23.5 Å². The molecule has 0 unspecified atom stereocenters. The first-order valence-electron chi connectivity index (χ1n) is 8.75. The van der Waals surface area contributed by atoms with Gasteiger partial charge >= 0.3 is 0 Å². The molecule has 0 aliphatic carbocycles. The summed E-state index contributed by atoms with van der Waals surface area (Å²) in [6.07, 6.45) is 2.49. The van der Waals surface area contributed by atoms with Crippen molar-refractivity contribution in [3.05, 3.63) is 72.1 Å². The van der Waals surface area contributed by atoms with E-state index < -0.39 is 11.7 Å². The van der Waals surface area contributed by atoms with Crippen molar-refractivity contribution in [3.8, 4) is 11.5 Å². The van der Waals surface area contributed by atoms with Crippen LogP contribution in [0, 0.1) is 5.82 Å². The van der Waals surface area contributed by atoms with E-state index in [-0.39, 0.29) is 31.2 Å². The largest absolute Gasteiger partial charge is 0.493 e. The zero-order valence-electron chi connectivity index (χ0n) is 15.7. The van der Waals surface area contributed by atoms with Crippen LogP contribution < -0.4 is 20.1 Å². The maximum Gasteiger partial charge on any atom is 0.258 e. The third-order valence-corrected chi connectivity index (χ3v) is 3.82. The Morgan fingerprint density at radius 1 is 1.11 bits per heavy atom. The topological polar surface area (TPSA) is 76.7 Å². The Balaban J connectivity index is 1.74. The summed E-state index contributed by atoms with van der Waals surface area (Å²) < 4.78 is 24.3. The molecule has 6 nitrogen and oxygen atoms in total. The van der Waals surface area contributed by atoms with Crippen LogP contribution in [0.4, 0.5) is 4.39 Å². The molecule has 0 aromatic heterocycles. The molecule has 2 aromatic carbocycles. The number of nitrogens with one attached hydrogen (secondary N) is 2. The zero-order valence-corrected chi connectivity index (χ0v) is 15.7. The SMILES string of the molecule is C=CCc1ccc(OCC(=O)NCCNC(=O)c2ccccc2F)c(OC)c1. The molecule has 28 heavy (non-hydrogen) atoms. The summed E-state index contributed by atoms with van der Waals surface area (Å²) in [5.41, 5.74) is 0.985. The number of hydrogen-bond acceptors (Lipinski definition) is 4. The third kappa shape index (κ3) is 6.12. The Labute approximate surface area is 163 Å². The standard InChI is InChI=1S/C21H23FN2O4/c1-3-6-15-9-10-18(19(13-15)27-2)28-14-20(25)23-11-12-24-21(26)16-7-4-5-8-17(16)22/h3-5,7-10,13H,1,6,11-12,14H2,2H3,(H,23,25)(H,24,26). The molecule has 0 bridgehead atoms. The summed E-state index contributed by atoms with van der Waals surface area (Å²) >= 11 is 0. The minimum Gasteiger partial charge on any atom is -0.493 e. The Bertz CT molecular complexity index is 839. The van der Waals surface area contributed by atoms with Crippen LogP contribution in [0.2, 0.25) is 0 Å². The molecule has 0 radical (unpaired) electrons. The smallest absolute Gasteiger partial charge is 0.258 e. The molecular weight excluding hydrogens is 363 g/mol. The van der Waals surface area contributed by atoms with Crippen molar-refractivity contribution in [1.29, 1.82) is 0 Å². The van der Waals surface area contributed by atoms with Crippen molar-refractivity contribution in [2.75, 3.05) is 26.8 Å². The fourth-order valence-corrected chi connectivity index (χ4v) is 2.44. The number of methoxy groups -OCH3 is 1. The van der Waals surface area contributed by atoms with Crippen LogP contribution in [-0.4, -0.2) is 38.6 Å². The molecule has 0 fully saturated rings. The molecule has 0 saturated heterocycles. The van der Waals surface area contributed by atoms with Gasteiger partial charge in [0.1, 0.15) is 5.82 Å². The van der Waals surface area contributed by atoms with E-state index in [9.17, 15) is 14.0 Å². The average molecular weight is 386 g/mol. The number of ether oxygens (including phenoxy) is 2. The highest BCUT2D eigenvalue weighted by molar-refractivity contribution is 5.94. The average Bonchev–Trinajstić information content (AvgIpc) is 2.70.